The molecule has 0 spiro atoms. The number of ether oxygens (including phenoxy) is 4. The Kier molecular flexibility index (Phi) is 5.33. The molecule has 0 unspecified atom stereocenters. The highest BCUT2D eigenvalue weighted by Crippen LogP contribution is 2.42. The van der Waals surface area contributed by atoms with E-state index >= 15 is 0 Å². The van der Waals surface area contributed by atoms with Gasteiger partial charge >= 0.3 is 0 Å². The lowest BCUT2D eigenvalue weighted by Crippen LogP contribution is -2.48. The highest BCUT2D eigenvalue weighted by Gasteiger charge is 2.30. The summed E-state index contributed by atoms with van der Waals surface area (Å²) in [6, 6.07) is 9.60. The third kappa shape index (κ3) is 4.13. The van der Waals surface area contributed by atoms with Gasteiger partial charge in [0, 0.05) is 31.7 Å². The molecule has 0 saturated carbocycles. The van der Waals surface area contributed by atoms with Gasteiger partial charge in [0.2, 0.25) is 18.4 Å². The Morgan fingerprint density at radius 3 is 2.97 bits per heavy atom. The molecule has 1 saturated heterocycles. The molecule has 8 nitrogen and oxygen atoms in total. The van der Waals surface area contributed by atoms with Gasteiger partial charge in [-0.05, 0) is 54.3 Å². The highest BCUT2D eigenvalue weighted by atomic mass is 16.7. The number of hydrogen-bond donors (Lipinski definition) is 2. The number of aryl methyl sites for hydroxylation is 1. The number of carbonyl (C=O) groups excluding carboxylic acids is 1. The number of nitrogens with zero attached hydrogens (tertiary/aromatic N) is 1. The number of fused-ring (bicyclic) bond motifs is 2. The van der Waals surface area contributed by atoms with Gasteiger partial charge in [-0.25, -0.2) is 0 Å². The van der Waals surface area contributed by atoms with Crippen molar-refractivity contribution in [3.05, 3.63) is 41.5 Å². The van der Waals surface area contributed by atoms with Crippen LogP contribution in [0.5, 0.6) is 23.0 Å². The van der Waals surface area contributed by atoms with Crippen LogP contribution in [0.15, 0.2) is 30.3 Å². The number of rotatable bonds is 5. The van der Waals surface area contributed by atoms with Crippen molar-refractivity contribution in [3.63, 3.8) is 0 Å². The first-order chi connectivity index (χ1) is 15.1. The zero-order valence-electron chi connectivity index (χ0n) is 17.4. The molecule has 164 valence electrons. The Morgan fingerprint density at radius 2 is 2.13 bits per heavy atom. The smallest absolute Gasteiger partial charge is 0.231 e. The molecule has 0 aromatic heterocycles. The first-order valence-corrected chi connectivity index (χ1v) is 10.6. The van der Waals surface area contributed by atoms with Gasteiger partial charge in [-0.15, -0.1) is 0 Å². The zero-order chi connectivity index (χ0) is 21.4. The van der Waals surface area contributed by atoms with Gasteiger partial charge in [0.05, 0.1) is 7.11 Å². The van der Waals surface area contributed by atoms with E-state index in [1.165, 1.54) is 0 Å². The number of aliphatic hydroxyl groups is 1. The van der Waals surface area contributed by atoms with Crippen molar-refractivity contribution in [2.75, 3.05) is 32.3 Å². The van der Waals surface area contributed by atoms with Crippen LogP contribution in [-0.4, -0.2) is 55.1 Å². The second-order valence-corrected chi connectivity index (χ2v) is 8.15. The third-order valence-corrected chi connectivity index (χ3v) is 5.99. The summed E-state index contributed by atoms with van der Waals surface area (Å²) in [5, 5.41) is 13.6. The monoisotopic (exact) mass is 426 g/mol. The normalized spacial score (nSPS) is 22.6. The summed E-state index contributed by atoms with van der Waals surface area (Å²) in [6.45, 7) is 2.20. The number of nitrogens with one attached hydrogen (secondary N) is 1. The van der Waals surface area contributed by atoms with E-state index in [1.54, 1.807) is 7.11 Å². The molecule has 2 aromatic rings. The molecule has 2 aromatic carbocycles. The molecule has 0 bridgehead atoms. The van der Waals surface area contributed by atoms with Crippen LogP contribution in [0.1, 0.15) is 24.0 Å². The molecule has 0 aliphatic carbocycles. The van der Waals surface area contributed by atoms with Gasteiger partial charge < -0.3 is 29.4 Å². The summed E-state index contributed by atoms with van der Waals surface area (Å²) in [5.74, 6) is 2.77. The van der Waals surface area contributed by atoms with Crippen LogP contribution in [-0.2, 0) is 17.8 Å². The summed E-state index contributed by atoms with van der Waals surface area (Å²) < 4.78 is 22.5. The van der Waals surface area contributed by atoms with Crippen molar-refractivity contribution in [1.29, 1.82) is 0 Å². The van der Waals surface area contributed by atoms with Crippen LogP contribution in [0.25, 0.3) is 0 Å². The number of β-amino-alcohol motifs (C(OH)–C–C–N with tert-alkyl or cyclic N) is 1. The van der Waals surface area contributed by atoms with Crippen molar-refractivity contribution >= 4 is 11.6 Å². The van der Waals surface area contributed by atoms with Crippen molar-refractivity contribution in [1.82, 2.24) is 4.90 Å². The Labute approximate surface area is 180 Å². The average molecular weight is 426 g/mol. The van der Waals surface area contributed by atoms with Gasteiger partial charge in [-0.1, -0.05) is 0 Å². The number of hydrogen-bond acceptors (Lipinski definition) is 7. The van der Waals surface area contributed by atoms with Crippen LogP contribution >= 0.6 is 0 Å². The number of methoxy groups -OCH3 is 1. The van der Waals surface area contributed by atoms with E-state index in [0.717, 1.165) is 35.5 Å². The third-order valence-electron chi connectivity index (χ3n) is 5.99. The maximum Gasteiger partial charge on any atom is 0.231 e. The molecule has 3 heterocycles. The Morgan fingerprint density at radius 1 is 1.23 bits per heavy atom. The number of carbonyl (C=O) groups is 1. The molecule has 5 rings (SSSR count). The van der Waals surface area contributed by atoms with Gasteiger partial charge in [-0.2, -0.15) is 0 Å². The Bertz CT molecular complexity index is 994. The molecule has 31 heavy (non-hydrogen) atoms. The second-order valence-electron chi connectivity index (χ2n) is 8.15. The topological polar surface area (TPSA) is 89.5 Å². The molecule has 1 fully saturated rings. The molecule has 8 heteroatoms. The molecule has 3 aliphatic rings. The van der Waals surface area contributed by atoms with Gasteiger partial charge in [-0.3, -0.25) is 9.69 Å². The van der Waals surface area contributed by atoms with Crippen LogP contribution in [0.2, 0.25) is 0 Å². The number of aliphatic hydroxyl groups excluding tert-OH is 1. The molecule has 3 aliphatic heterocycles. The summed E-state index contributed by atoms with van der Waals surface area (Å²) in [7, 11) is 1.61. The lowest BCUT2D eigenvalue weighted by Gasteiger charge is -2.36. The van der Waals surface area contributed by atoms with Crippen LogP contribution in [0.3, 0.4) is 0 Å². The van der Waals surface area contributed by atoms with Crippen LogP contribution < -0.4 is 24.3 Å². The minimum absolute atomic E-state index is 0.0454. The largest absolute Gasteiger partial charge is 0.493 e. The predicted molar refractivity (Wildman–Crippen MR) is 113 cm³/mol. The Hall–Kier alpha value is -2.97. The van der Waals surface area contributed by atoms with E-state index < -0.39 is 6.10 Å². The number of likely N-dealkylation sites (tertiary alicyclic amines) is 1. The van der Waals surface area contributed by atoms with Gasteiger partial charge in [0.15, 0.2) is 11.5 Å². The minimum atomic E-state index is -0.597. The fraction of sp³-hybridized carbons (Fsp3) is 0.435. The second kappa shape index (κ2) is 8.28. The zero-order valence-corrected chi connectivity index (χ0v) is 17.4. The van der Waals surface area contributed by atoms with E-state index in [1.807, 2.05) is 30.3 Å². The maximum atomic E-state index is 11.5. The first-order valence-electron chi connectivity index (χ1n) is 10.6. The van der Waals surface area contributed by atoms with Crippen molar-refractivity contribution in [2.45, 2.75) is 38.0 Å². The molecule has 2 N–H and O–H groups in total. The summed E-state index contributed by atoms with van der Waals surface area (Å²) >= 11 is 0. The summed E-state index contributed by atoms with van der Waals surface area (Å²) in [6.07, 6.45) is 1.05. The maximum absolute atomic E-state index is 11.5. The lowest BCUT2D eigenvalue weighted by atomic mass is 10.0. The van der Waals surface area contributed by atoms with E-state index in [-0.39, 0.29) is 18.8 Å². The SMILES string of the molecule is COc1cc(CN2CC[C@@H](Oc3ccc4c(c3)CCC(=O)N4)[C@H](O)C2)cc2c1OCO2. The molecular weight excluding hydrogens is 400 g/mol. The predicted octanol–water partition coefficient (Wildman–Crippen LogP) is 2.32. The van der Waals surface area contributed by atoms with Gasteiger partial charge in [0.1, 0.15) is 18.0 Å². The Balaban J connectivity index is 1.21. The number of amides is 1. The first kappa shape index (κ1) is 20.0. The number of anilines is 1. The minimum Gasteiger partial charge on any atom is -0.493 e. The van der Waals surface area contributed by atoms with Crippen LogP contribution in [0.4, 0.5) is 5.69 Å². The standard InChI is InChI=1S/C23H26N2O6/c1-28-20-8-14(9-21-23(20)30-13-29-21)11-25-7-6-19(18(26)12-25)31-16-3-4-17-15(10-16)2-5-22(27)24-17/h3-4,8-10,18-19,26H,2,5-7,11-13H2,1H3,(H,24,27)/t18-,19-/m1/s1. The molecule has 2 atom stereocenters. The highest BCUT2D eigenvalue weighted by molar-refractivity contribution is 5.94. The average Bonchev–Trinajstić information content (AvgIpc) is 3.24. The van der Waals surface area contributed by atoms with E-state index in [4.69, 9.17) is 18.9 Å². The van der Waals surface area contributed by atoms with E-state index in [9.17, 15) is 9.90 Å². The molecular formula is C23H26N2O6. The quantitative estimate of drug-likeness (QED) is 0.759. The molecule has 0 radical (unpaired) electrons. The van der Waals surface area contributed by atoms with Crippen molar-refractivity contribution in [3.8, 4) is 23.0 Å². The number of benzene rings is 2. The van der Waals surface area contributed by atoms with Crippen LogP contribution in [0, 0.1) is 0 Å². The summed E-state index contributed by atoms with van der Waals surface area (Å²) in [4.78, 5) is 13.7. The van der Waals surface area contributed by atoms with Crippen molar-refractivity contribution in [2.24, 2.45) is 0 Å². The van der Waals surface area contributed by atoms with E-state index in [2.05, 4.69) is 10.2 Å². The summed E-state index contributed by atoms with van der Waals surface area (Å²) in [5.41, 5.74) is 2.96. The number of piperidine rings is 1. The lowest BCUT2D eigenvalue weighted by molar-refractivity contribution is -0.116. The van der Waals surface area contributed by atoms with Crippen molar-refractivity contribution < 1.29 is 28.8 Å². The fourth-order valence-corrected chi connectivity index (χ4v) is 4.40. The fourth-order valence-electron chi connectivity index (χ4n) is 4.40. The molecule has 1 amide bonds. The van der Waals surface area contributed by atoms with E-state index in [0.29, 0.717) is 43.2 Å². The van der Waals surface area contributed by atoms with Gasteiger partial charge in [0.25, 0.3) is 0 Å².